The molecule has 5 heteroatoms. The monoisotopic (exact) mass is 361 g/mol. The summed E-state index contributed by atoms with van der Waals surface area (Å²) in [5.74, 6) is 1.14. The van der Waals surface area contributed by atoms with Crippen molar-refractivity contribution < 1.29 is 14.3 Å². The second-order valence-electron chi connectivity index (χ2n) is 5.83. The van der Waals surface area contributed by atoms with Crippen LogP contribution in [0.4, 0.5) is 0 Å². The standard InChI is InChI=1S/C20H24ClNO3/c1-4-18(25-19-8-6-5-7-17(19)21)20(23)22-11-12-24-16-10-9-14(2)15(3)13-16/h5-10,13,18H,4,11-12H2,1-3H3,(H,22,23)/t18-/m1/s1. The molecule has 134 valence electrons. The van der Waals surface area contributed by atoms with Crippen molar-refractivity contribution in [1.29, 1.82) is 0 Å². The van der Waals surface area contributed by atoms with Gasteiger partial charge in [0.25, 0.3) is 5.91 Å². The highest BCUT2D eigenvalue weighted by Gasteiger charge is 2.18. The summed E-state index contributed by atoms with van der Waals surface area (Å²) in [7, 11) is 0. The third kappa shape index (κ3) is 5.68. The maximum absolute atomic E-state index is 12.3. The summed E-state index contributed by atoms with van der Waals surface area (Å²) in [6, 6.07) is 13.1. The van der Waals surface area contributed by atoms with Crippen molar-refractivity contribution in [2.75, 3.05) is 13.2 Å². The molecule has 0 saturated heterocycles. The zero-order valence-electron chi connectivity index (χ0n) is 14.8. The van der Waals surface area contributed by atoms with Gasteiger partial charge < -0.3 is 14.8 Å². The largest absolute Gasteiger partial charge is 0.492 e. The third-order valence-electron chi connectivity index (χ3n) is 3.92. The zero-order chi connectivity index (χ0) is 18.2. The molecule has 0 aliphatic heterocycles. The maximum atomic E-state index is 12.3. The number of hydrogen-bond acceptors (Lipinski definition) is 3. The van der Waals surface area contributed by atoms with Gasteiger partial charge >= 0.3 is 0 Å². The van der Waals surface area contributed by atoms with Crippen LogP contribution in [0.1, 0.15) is 24.5 Å². The van der Waals surface area contributed by atoms with Crippen LogP contribution in [0.2, 0.25) is 5.02 Å². The summed E-state index contributed by atoms with van der Waals surface area (Å²) < 4.78 is 11.4. The van der Waals surface area contributed by atoms with Gasteiger partial charge in [0.2, 0.25) is 0 Å². The molecule has 2 aromatic carbocycles. The lowest BCUT2D eigenvalue weighted by Gasteiger charge is -2.18. The van der Waals surface area contributed by atoms with E-state index in [9.17, 15) is 4.79 Å². The van der Waals surface area contributed by atoms with Crippen LogP contribution in [-0.4, -0.2) is 25.2 Å². The van der Waals surface area contributed by atoms with Crippen LogP contribution < -0.4 is 14.8 Å². The lowest BCUT2D eigenvalue weighted by atomic mass is 10.1. The summed E-state index contributed by atoms with van der Waals surface area (Å²) in [4.78, 5) is 12.3. The predicted molar refractivity (Wildman–Crippen MR) is 101 cm³/mol. The first-order chi connectivity index (χ1) is 12.0. The molecule has 1 amide bonds. The molecule has 2 rings (SSSR count). The van der Waals surface area contributed by atoms with E-state index in [1.54, 1.807) is 12.1 Å². The number of nitrogens with one attached hydrogen (secondary N) is 1. The number of carbonyl (C=O) groups excluding carboxylic acids is 1. The molecule has 0 aliphatic rings. The molecule has 0 unspecified atom stereocenters. The Morgan fingerprint density at radius 3 is 2.60 bits per heavy atom. The molecule has 1 N–H and O–H groups in total. The predicted octanol–water partition coefficient (Wildman–Crippen LogP) is 4.31. The van der Waals surface area contributed by atoms with Crippen molar-refractivity contribution in [2.24, 2.45) is 0 Å². The minimum atomic E-state index is -0.582. The first-order valence-corrected chi connectivity index (χ1v) is 8.78. The number of benzene rings is 2. The fourth-order valence-electron chi connectivity index (χ4n) is 2.28. The van der Waals surface area contributed by atoms with E-state index in [1.807, 2.05) is 44.2 Å². The maximum Gasteiger partial charge on any atom is 0.261 e. The molecule has 0 bridgehead atoms. The molecule has 0 saturated carbocycles. The number of carbonyl (C=O) groups is 1. The lowest BCUT2D eigenvalue weighted by molar-refractivity contribution is -0.128. The quantitative estimate of drug-likeness (QED) is 0.713. The van der Waals surface area contributed by atoms with Crippen LogP contribution in [0.25, 0.3) is 0 Å². The topological polar surface area (TPSA) is 47.6 Å². The fraction of sp³-hybridized carbons (Fsp3) is 0.350. The second-order valence-corrected chi connectivity index (χ2v) is 6.24. The smallest absolute Gasteiger partial charge is 0.261 e. The molecular formula is C20H24ClNO3. The summed E-state index contributed by atoms with van der Waals surface area (Å²) in [6.45, 7) is 6.81. The molecule has 0 aliphatic carbocycles. The highest BCUT2D eigenvalue weighted by molar-refractivity contribution is 6.32. The van der Waals surface area contributed by atoms with Crippen LogP contribution in [0, 0.1) is 13.8 Å². The van der Waals surface area contributed by atoms with Gasteiger partial charge in [0.15, 0.2) is 6.10 Å². The van der Waals surface area contributed by atoms with Crippen LogP contribution in [0.3, 0.4) is 0 Å². The van der Waals surface area contributed by atoms with Crippen molar-refractivity contribution in [3.8, 4) is 11.5 Å². The van der Waals surface area contributed by atoms with Crippen molar-refractivity contribution >= 4 is 17.5 Å². The zero-order valence-corrected chi connectivity index (χ0v) is 15.6. The normalized spacial score (nSPS) is 11.7. The van der Waals surface area contributed by atoms with Gasteiger partial charge in [0, 0.05) is 0 Å². The SMILES string of the molecule is CC[C@@H](Oc1ccccc1Cl)C(=O)NCCOc1ccc(C)c(C)c1. The van der Waals surface area contributed by atoms with Crippen LogP contribution >= 0.6 is 11.6 Å². The van der Waals surface area contributed by atoms with E-state index < -0.39 is 6.10 Å². The molecule has 4 nitrogen and oxygen atoms in total. The molecular weight excluding hydrogens is 338 g/mol. The highest BCUT2D eigenvalue weighted by atomic mass is 35.5. The van der Waals surface area contributed by atoms with Crippen LogP contribution in [0.5, 0.6) is 11.5 Å². The van der Waals surface area contributed by atoms with Crippen molar-refractivity contribution in [2.45, 2.75) is 33.3 Å². The van der Waals surface area contributed by atoms with Gasteiger partial charge in [-0.2, -0.15) is 0 Å². The number of halogens is 1. The summed E-state index contributed by atoms with van der Waals surface area (Å²) in [6.07, 6.45) is -0.0313. The molecule has 25 heavy (non-hydrogen) atoms. The Labute approximate surface area is 154 Å². The molecule has 0 radical (unpaired) electrons. The van der Waals surface area contributed by atoms with E-state index in [1.165, 1.54) is 11.1 Å². The van der Waals surface area contributed by atoms with E-state index in [-0.39, 0.29) is 5.91 Å². The van der Waals surface area contributed by atoms with E-state index >= 15 is 0 Å². The summed E-state index contributed by atoms with van der Waals surface area (Å²) in [5, 5.41) is 3.33. The molecule has 0 aromatic heterocycles. The third-order valence-corrected chi connectivity index (χ3v) is 4.23. The highest BCUT2D eigenvalue weighted by Crippen LogP contribution is 2.24. The van der Waals surface area contributed by atoms with Gasteiger partial charge in [-0.05, 0) is 55.7 Å². The minimum Gasteiger partial charge on any atom is -0.492 e. The average Bonchev–Trinajstić information content (AvgIpc) is 2.60. The Balaban J connectivity index is 1.79. The Morgan fingerprint density at radius 1 is 1.16 bits per heavy atom. The number of para-hydroxylation sites is 1. The van der Waals surface area contributed by atoms with Gasteiger partial charge in [-0.15, -0.1) is 0 Å². The van der Waals surface area contributed by atoms with Gasteiger partial charge in [0.05, 0.1) is 11.6 Å². The van der Waals surface area contributed by atoms with Gasteiger partial charge in [-0.25, -0.2) is 0 Å². The first-order valence-electron chi connectivity index (χ1n) is 8.40. The Hall–Kier alpha value is -2.20. The number of rotatable bonds is 8. The van der Waals surface area contributed by atoms with Crippen molar-refractivity contribution in [1.82, 2.24) is 5.32 Å². The van der Waals surface area contributed by atoms with E-state index in [2.05, 4.69) is 12.2 Å². The summed E-state index contributed by atoms with van der Waals surface area (Å²) in [5.41, 5.74) is 2.41. The van der Waals surface area contributed by atoms with Crippen molar-refractivity contribution in [3.63, 3.8) is 0 Å². The van der Waals surface area contributed by atoms with Crippen LogP contribution in [0.15, 0.2) is 42.5 Å². The number of aryl methyl sites for hydroxylation is 2. The van der Waals surface area contributed by atoms with Gasteiger partial charge in [-0.3, -0.25) is 4.79 Å². The van der Waals surface area contributed by atoms with Gasteiger partial charge in [-0.1, -0.05) is 36.7 Å². The second kappa shape index (κ2) is 9.33. The fourth-order valence-corrected chi connectivity index (χ4v) is 2.46. The minimum absolute atomic E-state index is 0.175. The Morgan fingerprint density at radius 2 is 1.92 bits per heavy atom. The first kappa shape index (κ1) is 19.1. The summed E-state index contributed by atoms with van der Waals surface area (Å²) >= 11 is 6.07. The van der Waals surface area contributed by atoms with Crippen molar-refractivity contribution in [3.05, 3.63) is 58.6 Å². The Kier molecular flexibility index (Phi) is 7.14. The van der Waals surface area contributed by atoms with E-state index in [4.69, 9.17) is 21.1 Å². The molecule has 1 atom stereocenters. The number of ether oxygens (including phenoxy) is 2. The lowest BCUT2D eigenvalue weighted by Crippen LogP contribution is -2.39. The Bertz CT molecular complexity index is 718. The number of amides is 1. The number of hydrogen-bond donors (Lipinski definition) is 1. The molecule has 0 fully saturated rings. The average molecular weight is 362 g/mol. The van der Waals surface area contributed by atoms with E-state index in [0.717, 1.165) is 5.75 Å². The molecule has 0 spiro atoms. The molecule has 2 aromatic rings. The van der Waals surface area contributed by atoms with Crippen LogP contribution in [-0.2, 0) is 4.79 Å². The molecule has 0 heterocycles. The van der Waals surface area contributed by atoms with Gasteiger partial charge in [0.1, 0.15) is 18.1 Å². The van der Waals surface area contributed by atoms with E-state index in [0.29, 0.717) is 30.3 Å².